The van der Waals surface area contributed by atoms with Crippen LogP contribution in [0.3, 0.4) is 0 Å². The number of carbonyl (C=O) groups is 2. The average Bonchev–Trinajstić information content (AvgIpc) is 2.88. The maximum Gasteiger partial charge on any atom is 0.248 e. The van der Waals surface area contributed by atoms with Crippen LogP contribution in [0.1, 0.15) is 22.3 Å². The molecular formula is C15H21N3O2. The Morgan fingerprint density at radius 2 is 2.25 bits per heavy atom. The van der Waals surface area contributed by atoms with Gasteiger partial charge in [-0.2, -0.15) is 0 Å². The fourth-order valence-corrected chi connectivity index (χ4v) is 2.67. The first-order valence-corrected chi connectivity index (χ1v) is 6.91. The highest BCUT2D eigenvalue weighted by Crippen LogP contribution is 2.21. The monoisotopic (exact) mass is 275 g/mol. The molecule has 1 aliphatic rings. The van der Waals surface area contributed by atoms with Gasteiger partial charge in [-0.15, -0.1) is 0 Å². The molecule has 1 aromatic carbocycles. The van der Waals surface area contributed by atoms with Crippen molar-refractivity contribution in [2.45, 2.75) is 12.8 Å². The van der Waals surface area contributed by atoms with Crippen LogP contribution in [0, 0.1) is 5.92 Å². The van der Waals surface area contributed by atoms with E-state index in [9.17, 15) is 9.59 Å². The van der Waals surface area contributed by atoms with Gasteiger partial charge < -0.3 is 16.0 Å². The van der Waals surface area contributed by atoms with E-state index in [1.54, 1.807) is 13.1 Å². The van der Waals surface area contributed by atoms with E-state index >= 15 is 0 Å². The van der Waals surface area contributed by atoms with Gasteiger partial charge in [-0.1, -0.05) is 12.1 Å². The SMILES string of the molecule is CNCC(=O)N1CCC(Cc2cccc(C(N)=O)c2)C1. The topological polar surface area (TPSA) is 75.4 Å². The molecular weight excluding hydrogens is 254 g/mol. The van der Waals surface area contributed by atoms with Crippen molar-refractivity contribution in [2.75, 3.05) is 26.7 Å². The Bertz CT molecular complexity index is 502. The summed E-state index contributed by atoms with van der Waals surface area (Å²) in [6, 6.07) is 7.43. The van der Waals surface area contributed by atoms with E-state index in [4.69, 9.17) is 5.73 Å². The second kappa shape index (κ2) is 6.52. The Kier molecular flexibility index (Phi) is 4.74. The summed E-state index contributed by atoms with van der Waals surface area (Å²) >= 11 is 0. The van der Waals surface area contributed by atoms with Crippen molar-refractivity contribution < 1.29 is 9.59 Å². The highest BCUT2D eigenvalue weighted by atomic mass is 16.2. The van der Waals surface area contributed by atoms with Crippen molar-refractivity contribution in [2.24, 2.45) is 11.7 Å². The zero-order valence-corrected chi connectivity index (χ0v) is 11.8. The Morgan fingerprint density at radius 3 is 2.95 bits per heavy atom. The maximum atomic E-state index is 11.8. The van der Waals surface area contributed by atoms with Gasteiger partial charge >= 0.3 is 0 Å². The molecule has 3 N–H and O–H groups in total. The molecule has 0 radical (unpaired) electrons. The van der Waals surface area contributed by atoms with Gasteiger partial charge in [0.15, 0.2) is 0 Å². The number of benzene rings is 1. The standard InChI is InChI=1S/C15H21N3O2/c1-17-9-14(19)18-6-5-12(10-18)7-11-3-2-4-13(8-11)15(16)20/h2-4,8,12,17H,5-7,9-10H2,1H3,(H2,16,20). The Labute approximate surface area is 119 Å². The minimum Gasteiger partial charge on any atom is -0.366 e. The molecule has 2 rings (SSSR count). The minimum atomic E-state index is -0.399. The number of hydrogen-bond acceptors (Lipinski definition) is 3. The third kappa shape index (κ3) is 3.57. The zero-order valence-electron chi connectivity index (χ0n) is 11.8. The van der Waals surface area contributed by atoms with Crippen LogP contribution >= 0.6 is 0 Å². The van der Waals surface area contributed by atoms with E-state index in [0.29, 0.717) is 18.0 Å². The third-order valence-corrected chi connectivity index (χ3v) is 3.70. The van der Waals surface area contributed by atoms with Crippen LogP contribution in [0.5, 0.6) is 0 Å². The van der Waals surface area contributed by atoms with Gasteiger partial charge in [0.25, 0.3) is 0 Å². The Morgan fingerprint density at radius 1 is 1.45 bits per heavy atom. The van der Waals surface area contributed by atoms with Gasteiger partial charge in [0.2, 0.25) is 11.8 Å². The highest BCUT2D eigenvalue weighted by molar-refractivity contribution is 5.92. The molecule has 108 valence electrons. The normalized spacial score (nSPS) is 18.2. The minimum absolute atomic E-state index is 0.154. The van der Waals surface area contributed by atoms with Gasteiger partial charge in [0, 0.05) is 18.7 Å². The van der Waals surface area contributed by atoms with E-state index in [1.165, 1.54) is 0 Å². The molecule has 20 heavy (non-hydrogen) atoms. The molecule has 0 spiro atoms. The van der Waals surface area contributed by atoms with Crippen LogP contribution in [0.4, 0.5) is 0 Å². The van der Waals surface area contributed by atoms with Crippen molar-refractivity contribution in [3.8, 4) is 0 Å². The predicted octanol–water partition coefficient (Wildman–Crippen LogP) is 0.396. The van der Waals surface area contributed by atoms with Crippen LogP contribution in [0.25, 0.3) is 0 Å². The summed E-state index contributed by atoms with van der Waals surface area (Å²) in [5.41, 5.74) is 6.94. The number of nitrogens with zero attached hydrogens (tertiary/aromatic N) is 1. The van der Waals surface area contributed by atoms with Gasteiger partial charge in [-0.25, -0.2) is 0 Å². The number of likely N-dealkylation sites (tertiary alicyclic amines) is 1. The third-order valence-electron chi connectivity index (χ3n) is 3.70. The van der Waals surface area contributed by atoms with Gasteiger partial charge in [0.05, 0.1) is 6.54 Å². The second-order valence-corrected chi connectivity index (χ2v) is 5.29. The number of hydrogen-bond donors (Lipinski definition) is 2. The number of likely N-dealkylation sites (N-methyl/N-ethyl adjacent to an activating group) is 1. The fourth-order valence-electron chi connectivity index (χ4n) is 2.67. The Balaban J connectivity index is 1.93. The molecule has 1 unspecified atom stereocenters. The molecule has 1 atom stereocenters. The summed E-state index contributed by atoms with van der Waals surface area (Å²) in [6.07, 6.45) is 1.89. The van der Waals surface area contributed by atoms with E-state index in [2.05, 4.69) is 5.32 Å². The molecule has 0 aromatic heterocycles. The lowest BCUT2D eigenvalue weighted by Crippen LogP contribution is -2.35. The van der Waals surface area contributed by atoms with Crippen LogP contribution < -0.4 is 11.1 Å². The molecule has 1 aromatic rings. The molecule has 5 nitrogen and oxygen atoms in total. The summed E-state index contributed by atoms with van der Waals surface area (Å²) in [5.74, 6) is 0.212. The van der Waals surface area contributed by atoms with Crippen molar-refractivity contribution in [3.63, 3.8) is 0 Å². The molecule has 1 heterocycles. The van der Waals surface area contributed by atoms with Crippen molar-refractivity contribution >= 4 is 11.8 Å². The van der Waals surface area contributed by atoms with Crippen molar-refractivity contribution in [3.05, 3.63) is 35.4 Å². The molecule has 1 aliphatic heterocycles. The molecule has 1 fully saturated rings. The predicted molar refractivity (Wildman–Crippen MR) is 77.3 cm³/mol. The smallest absolute Gasteiger partial charge is 0.248 e. The van der Waals surface area contributed by atoms with E-state index in [0.717, 1.165) is 31.5 Å². The summed E-state index contributed by atoms with van der Waals surface area (Å²) < 4.78 is 0. The number of carbonyl (C=O) groups excluding carboxylic acids is 2. The molecule has 0 aliphatic carbocycles. The highest BCUT2D eigenvalue weighted by Gasteiger charge is 2.25. The fraction of sp³-hybridized carbons (Fsp3) is 0.467. The Hall–Kier alpha value is -1.88. The molecule has 2 amide bonds. The van der Waals surface area contributed by atoms with E-state index in [-0.39, 0.29) is 5.91 Å². The number of nitrogens with one attached hydrogen (secondary N) is 1. The lowest BCUT2D eigenvalue weighted by atomic mass is 9.97. The van der Waals surface area contributed by atoms with Crippen molar-refractivity contribution in [1.29, 1.82) is 0 Å². The first-order chi connectivity index (χ1) is 9.60. The number of primary amides is 1. The van der Waals surface area contributed by atoms with Crippen molar-refractivity contribution in [1.82, 2.24) is 10.2 Å². The number of rotatable bonds is 5. The lowest BCUT2D eigenvalue weighted by molar-refractivity contribution is -0.129. The quantitative estimate of drug-likeness (QED) is 0.816. The number of nitrogens with two attached hydrogens (primary N) is 1. The van der Waals surface area contributed by atoms with Crippen LogP contribution in [-0.2, 0) is 11.2 Å². The largest absolute Gasteiger partial charge is 0.366 e. The summed E-state index contributed by atoms with van der Waals surface area (Å²) in [4.78, 5) is 24.9. The molecule has 0 bridgehead atoms. The molecule has 0 saturated carbocycles. The average molecular weight is 275 g/mol. The van der Waals surface area contributed by atoms with Gasteiger partial charge in [-0.3, -0.25) is 9.59 Å². The molecule has 1 saturated heterocycles. The summed E-state index contributed by atoms with van der Waals surface area (Å²) in [6.45, 7) is 2.01. The van der Waals surface area contributed by atoms with Crippen LogP contribution in [0.2, 0.25) is 0 Å². The zero-order chi connectivity index (χ0) is 14.5. The van der Waals surface area contributed by atoms with E-state index < -0.39 is 5.91 Å². The summed E-state index contributed by atoms with van der Waals surface area (Å²) in [5, 5.41) is 2.89. The van der Waals surface area contributed by atoms with Crippen LogP contribution in [-0.4, -0.2) is 43.4 Å². The summed E-state index contributed by atoms with van der Waals surface area (Å²) in [7, 11) is 1.78. The van der Waals surface area contributed by atoms with E-state index in [1.807, 2.05) is 23.1 Å². The van der Waals surface area contributed by atoms with Crippen LogP contribution in [0.15, 0.2) is 24.3 Å². The second-order valence-electron chi connectivity index (χ2n) is 5.29. The maximum absolute atomic E-state index is 11.8. The number of amides is 2. The van der Waals surface area contributed by atoms with Gasteiger partial charge in [0.1, 0.15) is 0 Å². The first-order valence-electron chi connectivity index (χ1n) is 6.91. The van der Waals surface area contributed by atoms with Gasteiger partial charge in [-0.05, 0) is 43.5 Å². The molecule has 5 heteroatoms. The lowest BCUT2D eigenvalue weighted by Gasteiger charge is -2.16. The first kappa shape index (κ1) is 14.5.